The molecule has 0 aliphatic rings. The molecule has 1 aromatic carbocycles. The number of pyridine rings is 1. The lowest BCUT2D eigenvalue weighted by atomic mass is 10.1. The Morgan fingerprint density at radius 1 is 1.19 bits per heavy atom. The Bertz CT molecular complexity index is 764. The molecule has 0 aliphatic heterocycles. The summed E-state index contributed by atoms with van der Waals surface area (Å²) in [6.07, 6.45) is 5.37. The van der Waals surface area contributed by atoms with Gasteiger partial charge in [-0.25, -0.2) is 0 Å². The van der Waals surface area contributed by atoms with Gasteiger partial charge in [0, 0.05) is 42.1 Å². The van der Waals surface area contributed by atoms with E-state index in [-0.39, 0.29) is 11.9 Å². The zero-order valence-corrected chi connectivity index (χ0v) is 12.1. The molecule has 2 heterocycles. The van der Waals surface area contributed by atoms with Crippen molar-refractivity contribution >= 4 is 16.8 Å². The summed E-state index contributed by atoms with van der Waals surface area (Å²) in [4.78, 5) is 21.5. The van der Waals surface area contributed by atoms with Crippen molar-refractivity contribution in [1.82, 2.24) is 14.9 Å². The average molecular weight is 279 g/mol. The van der Waals surface area contributed by atoms with Crippen molar-refractivity contribution in [3.05, 3.63) is 66.1 Å². The summed E-state index contributed by atoms with van der Waals surface area (Å²) in [5, 5.41) is 1.05. The average Bonchev–Trinajstić information content (AvgIpc) is 3.01. The summed E-state index contributed by atoms with van der Waals surface area (Å²) in [6.45, 7) is 2.02. The minimum absolute atomic E-state index is 0.00224. The van der Waals surface area contributed by atoms with E-state index in [1.807, 2.05) is 56.6 Å². The molecular weight excluding hydrogens is 262 g/mol. The molecule has 0 bridgehead atoms. The lowest BCUT2D eigenvalue weighted by Gasteiger charge is -2.25. The second-order valence-electron chi connectivity index (χ2n) is 5.15. The first-order valence-corrected chi connectivity index (χ1v) is 6.91. The van der Waals surface area contributed by atoms with Crippen molar-refractivity contribution in [3.8, 4) is 0 Å². The standard InChI is InChI=1S/C17H17N3O/c1-12(13-5-8-18-9-6-13)20(2)17(21)15-3-4-16-14(11-15)7-10-19-16/h3-12,19H,1-2H3. The van der Waals surface area contributed by atoms with Crippen molar-refractivity contribution in [1.29, 1.82) is 0 Å². The number of H-pyrrole nitrogens is 1. The molecule has 0 aliphatic carbocycles. The fourth-order valence-electron chi connectivity index (χ4n) is 2.43. The van der Waals surface area contributed by atoms with Gasteiger partial charge in [0.1, 0.15) is 0 Å². The summed E-state index contributed by atoms with van der Waals surface area (Å²) >= 11 is 0. The van der Waals surface area contributed by atoms with Gasteiger partial charge in [-0.3, -0.25) is 9.78 Å². The number of carbonyl (C=O) groups is 1. The predicted molar refractivity (Wildman–Crippen MR) is 83.0 cm³/mol. The first-order valence-electron chi connectivity index (χ1n) is 6.91. The quantitative estimate of drug-likeness (QED) is 0.799. The molecule has 21 heavy (non-hydrogen) atoms. The number of aromatic amines is 1. The molecule has 3 aromatic rings. The fourth-order valence-corrected chi connectivity index (χ4v) is 2.43. The zero-order chi connectivity index (χ0) is 14.8. The lowest BCUT2D eigenvalue weighted by Crippen LogP contribution is -2.29. The third-order valence-electron chi connectivity index (χ3n) is 3.89. The number of benzene rings is 1. The van der Waals surface area contributed by atoms with E-state index in [1.165, 1.54) is 0 Å². The van der Waals surface area contributed by atoms with Crippen LogP contribution >= 0.6 is 0 Å². The molecule has 4 heteroatoms. The number of rotatable bonds is 3. The SMILES string of the molecule is CC(c1ccncc1)N(C)C(=O)c1ccc2[nH]ccc2c1. The van der Waals surface area contributed by atoms with E-state index in [1.54, 1.807) is 17.3 Å². The molecule has 1 amide bonds. The summed E-state index contributed by atoms with van der Waals surface area (Å²) in [6, 6.07) is 11.6. The highest BCUT2D eigenvalue weighted by Crippen LogP contribution is 2.21. The Hall–Kier alpha value is -2.62. The van der Waals surface area contributed by atoms with Crippen LogP contribution in [0.15, 0.2) is 55.0 Å². The Morgan fingerprint density at radius 3 is 2.71 bits per heavy atom. The summed E-state index contributed by atoms with van der Waals surface area (Å²) in [7, 11) is 1.83. The van der Waals surface area contributed by atoms with Crippen molar-refractivity contribution in [2.24, 2.45) is 0 Å². The smallest absolute Gasteiger partial charge is 0.254 e. The molecule has 0 saturated carbocycles. The molecule has 3 rings (SSSR count). The molecule has 1 N–H and O–H groups in total. The third-order valence-corrected chi connectivity index (χ3v) is 3.89. The highest BCUT2D eigenvalue weighted by atomic mass is 16.2. The fraction of sp³-hybridized carbons (Fsp3) is 0.176. The number of hydrogen-bond donors (Lipinski definition) is 1. The van der Waals surface area contributed by atoms with Crippen LogP contribution in [-0.2, 0) is 0 Å². The van der Waals surface area contributed by atoms with Crippen LogP contribution in [0.5, 0.6) is 0 Å². The molecule has 0 saturated heterocycles. The van der Waals surface area contributed by atoms with Gasteiger partial charge in [0.2, 0.25) is 0 Å². The Morgan fingerprint density at radius 2 is 1.95 bits per heavy atom. The van der Waals surface area contributed by atoms with Crippen LogP contribution < -0.4 is 0 Å². The second kappa shape index (κ2) is 5.40. The van der Waals surface area contributed by atoms with E-state index in [0.717, 1.165) is 16.5 Å². The Kier molecular flexibility index (Phi) is 3.44. The zero-order valence-electron chi connectivity index (χ0n) is 12.1. The van der Waals surface area contributed by atoms with Crippen LogP contribution in [0.1, 0.15) is 28.9 Å². The number of nitrogens with zero attached hydrogens (tertiary/aromatic N) is 2. The maximum atomic E-state index is 12.6. The van der Waals surface area contributed by atoms with Crippen LogP contribution in [0.25, 0.3) is 10.9 Å². The number of amides is 1. The van der Waals surface area contributed by atoms with Crippen LogP contribution in [0.3, 0.4) is 0 Å². The monoisotopic (exact) mass is 279 g/mol. The largest absolute Gasteiger partial charge is 0.361 e. The third kappa shape index (κ3) is 2.52. The van der Waals surface area contributed by atoms with Gasteiger partial charge in [0.25, 0.3) is 5.91 Å². The lowest BCUT2D eigenvalue weighted by molar-refractivity contribution is 0.0743. The van der Waals surface area contributed by atoms with Gasteiger partial charge in [-0.15, -0.1) is 0 Å². The number of carbonyl (C=O) groups excluding carboxylic acids is 1. The second-order valence-corrected chi connectivity index (χ2v) is 5.15. The Labute approximate surface area is 123 Å². The minimum Gasteiger partial charge on any atom is -0.361 e. The molecule has 0 radical (unpaired) electrons. The topological polar surface area (TPSA) is 49.0 Å². The number of hydrogen-bond acceptors (Lipinski definition) is 2. The summed E-state index contributed by atoms with van der Waals surface area (Å²) in [5.74, 6) is 0.0161. The van der Waals surface area contributed by atoms with Gasteiger partial charge in [0.05, 0.1) is 6.04 Å². The highest BCUT2D eigenvalue weighted by molar-refractivity contribution is 5.98. The van der Waals surface area contributed by atoms with Crippen molar-refractivity contribution < 1.29 is 4.79 Å². The molecule has 1 atom stereocenters. The molecule has 4 nitrogen and oxygen atoms in total. The number of aromatic nitrogens is 2. The summed E-state index contributed by atoms with van der Waals surface area (Å²) in [5.41, 5.74) is 2.81. The van der Waals surface area contributed by atoms with E-state index in [4.69, 9.17) is 0 Å². The van der Waals surface area contributed by atoms with E-state index in [2.05, 4.69) is 9.97 Å². The normalized spacial score (nSPS) is 12.3. The van der Waals surface area contributed by atoms with Gasteiger partial charge in [-0.1, -0.05) is 0 Å². The number of fused-ring (bicyclic) bond motifs is 1. The molecule has 0 fully saturated rings. The molecule has 106 valence electrons. The van der Waals surface area contributed by atoms with Crippen LogP contribution in [0.4, 0.5) is 0 Å². The predicted octanol–water partition coefficient (Wildman–Crippen LogP) is 3.40. The summed E-state index contributed by atoms with van der Waals surface area (Å²) < 4.78 is 0. The molecule has 1 unspecified atom stereocenters. The van der Waals surface area contributed by atoms with Gasteiger partial charge in [-0.2, -0.15) is 0 Å². The van der Waals surface area contributed by atoms with E-state index in [9.17, 15) is 4.79 Å². The minimum atomic E-state index is 0.00224. The maximum Gasteiger partial charge on any atom is 0.254 e. The van der Waals surface area contributed by atoms with Crippen molar-refractivity contribution in [2.45, 2.75) is 13.0 Å². The number of nitrogens with one attached hydrogen (secondary N) is 1. The van der Waals surface area contributed by atoms with Gasteiger partial charge in [0.15, 0.2) is 0 Å². The van der Waals surface area contributed by atoms with Crippen LogP contribution in [-0.4, -0.2) is 27.8 Å². The van der Waals surface area contributed by atoms with Crippen LogP contribution in [0.2, 0.25) is 0 Å². The maximum absolute atomic E-state index is 12.6. The first kappa shape index (κ1) is 13.4. The molecular formula is C17H17N3O. The van der Waals surface area contributed by atoms with E-state index < -0.39 is 0 Å². The van der Waals surface area contributed by atoms with Gasteiger partial charge < -0.3 is 9.88 Å². The Balaban J connectivity index is 1.86. The molecule has 0 spiro atoms. The van der Waals surface area contributed by atoms with E-state index >= 15 is 0 Å². The van der Waals surface area contributed by atoms with Crippen molar-refractivity contribution in [3.63, 3.8) is 0 Å². The van der Waals surface area contributed by atoms with Gasteiger partial charge in [-0.05, 0) is 48.9 Å². The van der Waals surface area contributed by atoms with Crippen molar-refractivity contribution in [2.75, 3.05) is 7.05 Å². The first-order chi connectivity index (χ1) is 10.2. The molecule has 2 aromatic heterocycles. The van der Waals surface area contributed by atoms with Gasteiger partial charge >= 0.3 is 0 Å². The van der Waals surface area contributed by atoms with Crippen LogP contribution in [0, 0.1) is 0 Å². The van der Waals surface area contributed by atoms with E-state index in [0.29, 0.717) is 5.56 Å². The highest BCUT2D eigenvalue weighted by Gasteiger charge is 2.19.